The zero-order chi connectivity index (χ0) is 10.9. The third kappa shape index (κ3) is 2.20. The van der Waals surface area contributed by atoms with E-state index in [-0.39, 0.29) is 11.4 Å². The molecule has 78 valence electrons. The number of nitrogens with zero attached hydrogens (tertiary/aromatic N) is 1. The average molecular weight is 276 g/mol. The first-order valence-electron chi connectivity index (χ1n) is 3.34. The molecule has 0 amide bonds. The molecule has 0 unspecified atom stereocenters. The van der Waals surface area contributed by atoms with Gasteiger partial charge in [-0.2, -0.15) is 26.9 Å². The predicted molar refractivity (Wildman–Crippen MR) is 41.8 cm³/mol. The Kier molecular flexibility index (Phi) is 3.08. The van der Waals surface area contributed by atoms with Gasteiger partial charge in [0.25, 0.3) is 0 Å². The summed E-state index contributed by atoms with van der Waals surface area (Å²) in [6.45, 7) is 0. The highest BCUT2D eigenvalue weighted by atomic mass is 79.9. The van der Waals surface area contributed by atoms with E-state index in [1.807, 2.05) is 0 Å². The third-order valence-corrected chi connectivity index (χ3v) is 2.04. The van der Waals surface area contributed by atoms with Gasteiger partial charge >= 0.3 is 6.18 Å². The molecule has 0 bridgehead atoms. The lowest BCUT2D eigenvalue weighted by molar-refractivity contribution is -0.138. The SMILES string of the molecule is Fc1cc(C(F)(F)F)c(CBr)c(F)n1. The molecule has 0 radical (unpaired) electrons. The Hall–Kier alpha value is -0.720. The van der Waals surface area contributed by atoms with Gasteiger partial charge in [0.05, 0.1) is 5.56 Å². The van der Waals surface area contributed by atoms with Crippen molar-refractivity contribution < 1.29 is 22.0 Å². The zero-order valence-corrected chi connectivity index (χ0v) is 8.09. The van der Waals surface area contributed by atoms with Crippen molar-refractivity contribution >= 4 is 15.9 Å². The van der Waals surface area contributed by atoms with Crippen LogP contribution in [0, 0.1) is 11.9 Å². The lowest BCUT2D eigenvalue weighted by Crippen LogP contribution is -2.12. The molecule has 0 saturated carbocycles. The lowest BCUT2D eigenvalue weighted by Gasteiger charge is -2.10. The monoisotopic (exact) mass is 275 g/mol. The van der Waals surface area contributed by atoms with E-state index in [0.717, 1.165) is 0 Å². The van der Waals surface area contributed by atoms with E-state index in [4.69, 9.17) is 0 Å². The molecule has 0 atom stereocenters. The minimum absolute atomic E-state index is 0.166. The van der Waals surface area contributed by atoms with Crippen LogP contribution < -0.4 is 0 Å². The molecule has 0 aliphatic heterocycles. The van der Waals surface area contributed by atoms with Crippen LogP contribution in [0.4, 0.5) is 22.0 Å². The number of rotatable bonds is 1. The molecule has 14 heavy (non-hydrogen) atoms. The summed E-state index contributed by atoms with van der Waals surface area (Å²) >= 11 is 2.67. The fraction of sp³-hybridized carbons (Fsp3) is 0.286. The van der Waals surface area contributed by atoms with Crippen LogP contribution in [0.5, 0.6) is 0 Å². The molecule has 0 aliphatic rings. The molecule has 0 saturated heterocycles. The van der Waals surface area contributed by atoms with E-state index in [2.05, 4.69) is 20.9 Å². The fourth-order valence-corrected chi connectivity index (χ4v) is 1.42. The van der Waals surface area contributed by atoms with Crippen LogP contribution in [0.1, 0.15) is 11.1 Å². The van der Waals surface area contributed by atoms with Crippen LogP contribution >= 0.6 is 15.9 Å². The molecule has 0 aliphatic carbocycles. The molecule has 0 fully saturated rings. The van der Waals surface area contributed by atoms with E-state index < -0.39 is 29.2 Å². The Morgan fingerprint density at radius 3 is 2.29 bits per heavy atom. The summed E-state index contributed by atoms with van der Waals surface area (Å²) in [5.74, 6) is -2.94. The van der Waals surface area contributed by atoms with Gasteiger partial charge in [-0.05, 0) is 0 Å². The van der Waals surface area contributed by atoms with Gasteiger partial charge in [0.1, 0.15) is 0 Å². The summed E-state index contributed by atoms with van der Waals surface area (Å²) in [5.41, 5.74) is -2.04. The molecular formula is C7H3BrF5N. The van der Waals surface area contributed by atoms with Gasteiger partial charge in [0, 0.05) is 17.0 Å². The van der Waals surface area contributed by atoms with Gasteiger partial charge in [-0.3, -0.25) is 0 Å². The second-order valence-electron chi connectivity index (χ2n) is 2.39. The summed E-state index contributed by atoms with van der Waals surface area (Å²) in [5, 5.41) is -0.374. The molecule has 1 aromatic heterocycles. The van der Waals surface area contributed by atoms with Gasteiger partial charge in [-0.15, -0.1) is 0 Å². The molecule has 1 aromatic rings. The number of hydrogen-bond acceptors (Lipinski definition) is 1. The molecule has 0 N–H and O–H groups in total. The Labute approximate surface area is 84.1 Å². The Morgan fingerprint density at radius 2 is 1.86 bits per heavy atom. The van der Waals surface area contributed by atoms with Crippen molar-refractivity contribution in [3.8, 4) is 0 Å². The summed E-state index contributed by atoms with van der Waals surface area (Å²) in [6.07, 6.45) is -4.78. The smallest absolute Gasteiger partial charge is 0.190 e. The maximum absolute atomic E-state index is 12.8. The van der Waals surface area contributed by atoms with Crippen LogP contribution in [0.25, 0.3) is 0 Å². The molecule has 7 heteroatoms. The summed E-state index contributed by atoms with van der Waals surface area (Å²) in [6, 6.07) is 0.166. The number of halogens is 6. The molecule has 1 nitrogen and oxygen atoms in total. The topological polar surface area (TPSA) is 12.9 Å². The van der Waals surface area contributed by atoms with Crippen LogP contribution in [0.15, 0.2) is 6.07 Å². The first-order valence-corrected chi connectivity index (χ1v) is 4.46. The van der Waals surface area contributed by atoms with Crippen LogP contribution in [-0.2, 0) is 11.5 Å². The number of alkyl halides is 4. The first-order chi connectivity index (χ1) is 6.36. The van der Waals surface area contributed by atoms with Gasteiger partial charge in [-0.25, -0.2) is 0 Å². The zero-order valence-electron chi connectivity index (χ0n) is 6.50. The van der Waals surface area contributed by atoms with E-state index >= 15 is 0 Å². The second-order valence-corrected chi connectivity index (χ2v) is 2.95. The Bertz CT molecular complexity index is 349. The minimum Gasteiger partial charge on any atom is -0.190 e. The summed E-state index contributed by atoms with van der Waals surface area (Å²) in [4.78, 5) is 2.66. The van der Waals surface area contributed by atoms with Crippen molar-refractivity contribution in [1.82, 2.24) is 4.98 Å². The minimum atomic E-state index is -4.78. The quantitative estimate of drug-likeness (QED) is 0.436. The molecule has 0 spiro atoms. The van der Waals surface area contributed by atoms with Crippen LogP contribution in [0.3, 0.4) is 0 Å². The van der Waals surface area contributed by atoms with E-state index in [9.17, 15) is 22.0 Å². The highest BCUT2D eigenvalue weighted by Crippen LogP contribution is 2.33. The van der Waals surface area contributed by atoms with Crippen molar-refractivity contribution in [2.45, 2.75) is 11.5 Å². The molecular weight excluding hydrogens is 273 g/mol. The highest BCUT2D eigenvalue weighted by molar-refractivity contribution is 9.08. The predicted octanol–water partition coefficient (Wildman–Crippen LogP) is 3.27. The molecule has 1 heterocycles. The normalized spacial score (nSPS) is 11.9. The molecule has 1 rings (SSSR count). The van der Waals surface area contributed by atoms with Crippen molar-refractivity contribution in [3.05, 3.63) is 29.1 Å². The van der Waals surface area contributed by atoms with Crippen molar-refractivity contribution in [1.29, 1.82) is 0 Å². The summed E-state index contributed by atoms with van der Waals surface area (Å²) in [7, 11) is 0. The average Bonchev–Trinajstić information content (AvgIpc) is 2.01. The van der Waals surface area contributed by atoms with E-state index in [1.54, 1.807) is 0 Å². The van der Waals surface area contributed by atoms with Gasteiger partial charge in [0.15, 0.2) is 0 Å². The van der Waals surface area contributed by atoms with Crippen molar-refractivity contribution in [2.75, 3.05) is 0 Å². The maximum atomic E-state index is 12.8. The number of aromatic nitrogens is 1. The largest absolute Gasteiger partial charge is 0.417 e. The van der Waals surface area contributed by atoms with E-state index in [1.165, 1.54) is 0 Å². The number of hydrogen-bond donors (Lipinski definition) is 0. The van der Waals surface area contributed by atoms with Gasteiger partial charge in [-0.1, -0.05) is 15.9 Å². The Morgan fingerprint density at radius 1 is 1.29 bits per heavy atom. The first kappa shape index (κ1) is 11.4. The van der Waals surface area contributed by atoms with Crippen molar-refractivity contribution in [3.63, 3.8) is 0 Å². The standard InChI is InChI=1S/C7H3BrF5N/c8-2-3-4(7(11,12)13)1-5(9)14-6(3)10/h1H,2H2. The van der Waals surface area contributed by atoms with Gasteiger partial charge < -0.3 is 0 Å². The van der Waals surface area contributed by atoms with Gasteiger partial charge in [0.2, 0.25) is 11.9 Å². The number of pyridine rings is 1. The Balaban J connectivity index is 3.40. The lowest BCUT2D eigenvalue weighted by atomic mass is 10.1. The second kappa shape index (κ2) is 3.80. The van der Waals surface area contributed by atoms with Crippen molar-refractivity contribution in [2.24, 2.45) is 0 Å². The third-order valence-electron chi connectivity index (χ3n) is 1.48. The molecule has 0 aromatic carbocycles. The van der Waals surface area contributed by atoms with E-state index in [0.29, 0.717) is 0 Å². The fourth-order valence-electron chi connectivity index (χ4n) is 0.891. The van der Waals surface area contributed by atoms with Crippen LogP contribution in [0.2, 0.25) is 0 Å². The summed E-state index contributed by atoms with van der Waals surface area (Å²) < 4.78 is 61.8. The highest BCUT2D eigenvalue weighted by Gasteiger charge is 2.35. The maximum Gasteiger partial charge on any atom is 0.417 e. The van der Waals surface area contributed by atoms with Crippen LogP contribution in [-0.4, -0.2) is 4.98 Å².